The molecule has 0 fully saturated rings. The Bertz CT molecular complexity index is 1130. The monoisotopic (exact) mass is 378 g/mol. The van der Waals surface area contributed by atoms with Gasteiger partial charge in [-0.2, -0.15) is 0 Å². The lowest BCUT2D eigenvalue weighted by Crippen LogP contribution is -2.23. The highest BCUT2D eigenvalue weighted by molar-refractivity contribution is 6.06. The van der Waals surface area contributed by atoms with Gasteiger partial charge in [-0.15, -0.1) is 0 Å². The van der Waals surface area contributed by atoms with Crippen molar-refractivity contribution in [1.29, 1.82) is 0 Å². The minimum atomic E-state index is -0.516. The summed E-state index contributed by atoms with van der Waals surface area (Å²) in [5.41, 5.74) is 1.03. The standard InChI is InChI=1S/C20H15FN4O3/c21-13-6-8-14(9-7-13)23-20(27)18-24-17(16-5-1-2-10-25(16)18)19(26)22-12-15-4-3-11-28-15/h1-11H,12H2,(H,22,26)(H,23,27). The summed E-state index contributed by atoms with van der Waals surface area (Å²) >= 11 is 0. The van der Waals surface area contributed by atoms with E-state index in [1.54, 1.807) is 36.5 Å². The van der Waals surface area contributed by atoms with Crippen LogP contribution in [-0.4, -0.2) is 21.2 Å². The molecule has 0 aliphatic rings. The zero-order chi connectivity index (χ0) is 19.5. The molecule has 3 aromatic heterocycles. The van der Waals surface area contributed by atoms with Gasteiger partial charge in [-0.05, 0) is 48.5 Å². The molecule has 0 atom stereocenters. The van der Waals surface area contributed by atoms with Crippen LogP contribution in [0.5, 0.6) is 0 Å². The molecule has 2 amide bonds. The van der Waals surface area contributed by atoms with Crippen molar-refractivity contribution in [1.82, 2.24) is 14.7 Å². The van der Waals surface area contributed by atoms with Gasteiger partial charge >= 0.3 is 0 Å². The maximum atomic E-state index is 13.0. The van der Waals surface area contributed by atoms with Crippen LogP contribution in [0.3, 0.4) is 0 Å². The largest absolute Gasteiger partial charge is 0.467 e. The first-order chi connectivity index (χ1) is 13.6. The first-order valence-electron chi connectivity index (χ1n) is 8.46. The van der Waals surface area contributed by atoms with E-state index in [2.05, 4.69) is 15.6 Å². The van der Waals surface area contributed by atoms with Crippen molar-refractivity contribution in [2.75, 3.05) is 5.32 Å². The second kappa shape index (κ2) is 7.36. The number of fused-ring (bicyclic) bond motifs is 1. The summed E-state index contributed by atoms with van der Waals surface area (Å²) in [6.45, 7) is 0.203. The van der Waals surface area contributed by atoms with Gasteiger partial charge in [0.1, 0.15) is 11.6 Å². The van der Waals surface area contributed by atoms with Crippen LogP contribution >= 0.6 is 0 Å². The van der Waals surface area contributed by atoms with E-state index < -0.39 is 17.6 Å². The molecule has 0 radical (unpaired) electrons. The number of imidazole rings is 1. The van der Waals surface area contributed by atoms with Gasteiger partial charge in [-0.25, -0.2) is 9.37 Å². The summed E-state index contributed by atoms with van der Waals surface area (Å²) in [5.74, 6) is -0.701. The van der Waals surface area contributed by atoms with Crippen LogP contribution in [-0.2, 0) is 6.54 Å². The normalized spacial score (nSPS) is 10.8. The van der Waals surface area contributed by atoms with E-state index in [-0.39, 0.29) is 18.1 Å². The van der Waals surface area contributed by atoms with E-state index >= 15 is 0 Å². The fourth-order valence-electron chi connectivity index (χ4n) is 2.75. The van der Waals surface area contributed by atoms with E-state index in [4.69, 9.17) is 4.42 Å². The molecular formula is C20H15FN4O3. The number of rotatable bonds is 5. The van der Waals surface area contributed by atoms with E-state index in [0.29, 0.717) is 17.0 Å². The van der Waals surface area contributed by atoms with Crippen LogP contribution in [0.15, 0.2) is 71.5 Å². The number of hydrogen-bond acceptors (Lipinski definition) is 4. The number of furan rings is 1. The smallest absolute Gasteiger partial charge is 0.292 e. The van der Waals surface area contributed by atoms with Crippen LogP contribution in [0.1, 0.15) is 26.9 Å². The number of amides is 2. The Labute approximate surface area is 158 Å². The lowest BCUT2D eigenvalue weighted by Gasteiger charge is -2.04. The Morgan fingerprint density at radius 1 is 1.04 bits per heavy atom. The summed E-state index contributed by atoms with van der Waals surface area (Å²) < 4.78 is 19.8. The first-order valence-corrected chi connectivity index (χ1v) is 8.46. The van der Waals surface area contributed by atoms with E-state index in [1.807, 2.05) is 0 Å². The first kappa shape index (κ1) is 17.5. The van der Waals surface area contributed by atoms with Crippen molar-refractivity contribution in [3.05, 3.63) is 90.2 Å². The zero-order valence-corrected chi connectivity index (χ0v) is 14.6. The molecule has 28 heavy (non-hydrogen) atoms. The van der Waals surface area contributed by atoms with Gasteiger partial charge in [0.05, 0.1) is 18.3 Å². The zero-order valence-electron chi connectivity index (χ0n) is 14.6. The third-order valence-corrected chi connectivity index (χ3v) is 4.07. The molecule has 2 N–H and O–H groups in total. The lowest BCUT2D eigenvalue weighted by atomic mass is 10.3. The summed E-state index contributed by atoms with van der Waals surface area (Å²) in [6.07, 6.45) is 3.16. The van der Waals surface area contributed by atoms with E-state index in [0.717, 1.165) is 0 Å². The van der Waals surface area contributed by atoms with Gasteiger partial charge in [0.25, 0.3) is 11.8 Å². The van der Waals surface area contributed by atoms with Crippen LogP contribution < -0.4 is 10.6 Å². The highest BCUT2D eigenvalue weighted by atomic mass is 19.1. The van der Waals surface area contributed by atoms with Crippen molar-refractivity contribution >= 4 is 23.0 Å². The van der Waals surface area contributed by atoms with Gasteiger partial charge in [0, 0.05) is 11.9 Å². The van der Waals surface area contributed by atoms with Crippen LogP contribution in [0.25, 0.3) is 5.52 Å². The molecular weight excluding hydrogens is 363 g/mol. The minimum Gasteiger partial charge on any atom is -0.467 e. The van der Waals surface area contributed by atoms with Crippen molar-refractivity contribution in [2.24, 2.45) is 0 Å². The molecule has 0 aliphatic heterocycles. The van der Waals surface area contributed by atoms with Gasteiger partial charge < -0.3 is 15.1 Å². The number of nitrogens with one attached hydrogen (secondary N) is 2. The van der Waals surface area contributed by atoms with Crippen molar-refractivity contribution in [2.45, 2.75) is 6.54 Å². The molecule has 8 heteroatoms. The molecule has 4 rings (SSSR count). The number of carbonyl (C=O) groups excluding carboxylic acids is 2. The molecule has 4 aromatic rings. The number of nitrogens with zero attached hydrogens (tertiary/aromatic N) is 2. The van der Waals surface area contributed by atoms with Crippen molar-refractivity contribution in [3.63, 3.8) is 0 Å². The maximum absolute atomic E-state index is 13.0. The number of halogens is 1. The maximum Gasteiger partial charge on any atom is 0.292 e. The number of benzene rings is 1. The average molecular weight is 378 g/mol. The number of aromatic nitrogens is 2. The third-order valence-electron chi connectivity index (χ3n) is 4.07. The number of hydrogen-bond donors (Lipinski definition) is 2. The minimum absolute atomic E-state index is 0.0445. The Kier molecular flexibility index (Phi) is 4.59. The Hall–Kier alpha value is -3.94. The number of pyridine rings is 1. The highest BCUT2D eigenvalue weighted by Gasteiger charge is 2.21. The van der Waals surface area contributed by atoms with Crippen molar-refractivity contribution in [3.8, 4) is 0 Å². The number of anilines is 1. The molecule has 0 bridgehead atoms. The topological polar surface area (TPSA) is 88.6 Å². The van der Waals surface area contributed by atoms with Crippen LogP contribution in [0.2, 0.25) is 0 Å². The molecule has 7 nitrogen and oxygen atoms in total. The summed E-state index contributed by atoms with van der Waals surface area (Å²) in [5, 5.41) is 5.37. The lowest BCUT2D eigenvalue weighted by molar-refractivity contribution is 0.0945. The molecule has 0 spiro atoms. The molecule has 0 saturated carbocycles. The molecule has 0 unspecified atom stereocenters. The number of carbonyl (C=O) groups is 2. The Morgan fingerprint density at radius 3 is 2.61 bits per heavy atom. The van der Waals surface area contributed by atoms with Crippen LogP contribution in [0, 0.1) is 5.82 Å². The Morgan fingerprint density at radius 2 is 1.86 bits per heavy atom. The van der Waals surface area contributed by atoms with Crippen molar-refractivity contribution < 1.29 is 18.4 Å². The van der Waals surface area contributed by atoms with Gasteiger partial charge in [0.15, 0.2) is 5.69 Å². The van der Waals surface area contributed by atoms with Gasteiger partial charge in [-0.3, -0.25) is 14.0 Å². The van der Waals surface area contributed by atoms with Crippen LogP contribution in [0.4, 0.5) is 10.1 Å². The predicted molar refractivity (Wildman–Crippen MR) is 99.4 cm³/mol. The Balaban J connectivity index is 1.61. The third kappa shape index (κ3) is 3.48. The quantitative estimate of drug-likeness (QED) is 0.558. The molecule has 0 saturated heterocycles. The SMILES string of the molecule is O=C(NCc1ccco1)c1nc(C(=O)Nc2ccc(F)cc2)n2ccccc12. The second-order valence-electron chi connectivity index (χ2n) is 5.96. The predicted octanol–water partition coefficient (Wildman–Crippen LogP) is 3.25. The molecule has 3 heterocycles. The second-order valence-corrected chi connectivity index (χ2v) is 5.96. The average Bonchev–Trinajstić information content (AvgIpc) is 3.36. The molecule has 0 aliphatic carbocycles. The highest BCUT2D eigenvalue weighted by Crippen LogP contribution is 2.16. The van der Waals surface area contributed by atoms with E-state index in [1.165, 1.54) is 34.9 Å². The summed E-state index contributed by atoms with van der Waals surface area (Å²) in [7, 11) is 0. The fourth-order valence-corrected chi connectivity index (χ4v) is 2.75. The van der Waals surface area contributed by atoms with Gasteiger partial charge in [-0.1, -0.05) is 6.07 Å². The van der Waals surface area contributed by atoms with E-state index in [9.17, 15) is 14.0 Å². The fraction of sp³-hybridized carbons (Fsp3) is 0.0500. The molecule has 1 aromatic carbocycles. The van der Waals surface area contributed by atoms with Gasteiger partial charge in [0.2, 0.25) is 5.82 Å². The summed E-state index contributed by atoms with van der Waals surface area (Å²) in [6, 6.07) is 14.0. The molecule has 140 valence electrons. The summed E-state index contributed by atoms with van der Waals surface area (Å²) in [4.78, 5) is 29.5.